The van der Waals surface area contributed by atoms with Crippen molar-refractivity contribution in [3.05, 3.63) is 29.3 Å². The number of nitrogens with zero attached hydrogens (tertiary/aromatic N) is 1. The number of aryl methyl sites for hydroxylation is 1. The summed E-state index contributed by atoms with van der Waals surface area (Å²) in [6.45, 7) is 0.394. The van der Waals surface area contributed by atoms with Gasteiger partial charge in [0, 0.05) is 13.5 Å². The fraction of sp³-hybridized carbons (Fsp3) is 0.417. The Morgan fingerprint density at radius 1 is 1.44 bits per heavy atom. The molecule has 0 fully saturated rings. The van der Waals surface area contributed by atoms with Crippen LogP contribution in [0.15, 0.2) is 24.3 Å². The van der Waals surface area contributed by atoms with Crippen molar-refractivity contribution in [3.63, 3.8) is 0 Å². The Bertz CT molecular complexity index is 422. The fourth-order valence-electron chi connectivity index (χ4n) is 1.59. The second-order valence-corrected chi connectivity index (χ2v) is 4.84. The Morgan fingerprint density at radius 2 is 2.25 bits per heavy atom. The van der Waals surface area contributed by atoms with Crippen molar-refractivity contribution >= 4 is 21.6 Å². The first-order valence-electron chi connectivity index (χ1n) is 5.31. The van der Waals surface area contributed by atoms with E-state index in [9.17, 15) is 5.11 Å². The zero-order valence-electron chi connectivity index (χ0n) is 9.22. The van der Waals surface area contributed by atoms with Crippen LogP contribution < -0.4 is 0 Å². The molecule has 2 rings (SSSR count). The van der Waals surface area contributed by atoms with Crippen LogP contribution in [0.2, 0.25) is 0 Å². The van der Waals surface area contributed by atoms with E-state index in [-0.39, 0.29) is 0 Å². The Morgan fingerprint density at radius 3 is 3.00 bits per heavy atom. The first-order chi connectivity index (χ1) is 7.79. The molecule has 1 aromatic carbocycles. The Kier molecular flexibility index (Phi) is 3.88. The van der Waals surface area contributed by atoms with Gasteiger partial charge in [-0.2, -0.15) is 0 Å². The molecule has 0 spiro atoms. The minimum absolute atomic E-state index is 0.392. The number of methoxy groups -OCH3 is 1. The largest absolute Gasteiger partial charge is 0.391 e. The van der Waals surface area contributed by atoms with Crippen LogP contribution in [0.4, 0.5) is 0 Å². The van der Waals surface area contributed by atoms with E-state index in [1.165, 1.54) is 4.70 Å². The van der Waals surface area contributed by atoms with E-state index in [1.54, 1.807) is 18.4 Å². The van der Waals surface area contributed by atoms with E-state index in [0.717, 1.165) is 16.9 Å². The summed E-state index contributed by atoms with van der Waals surface area (Å²) in [4.78, 5) is 4.51. The van der Waals surface area contributed by atoms with Gasteiger partial charge in [-0.15, -0.1) is 11.3 Å². The third-order valence-corrected chi connectivity index (χ3v) is 3.48. The second-order valence-electron chi connectivity index (χ2n) is 3.72. The van der Waals surface area contributed by atoms with Crippen LogP contribution in [0.25, 0.3) is 10.2 Å². The van der Waals surface area contributed by atoms with Crippen molar-refractivity contribution < 1.29 is 9.84 Å². The summed E-state index contributed by atoms with van der Waals surface area (Å²) in [5, 5.41) is 10.6. The molecule has 0 saturated heterocycles. The van der Waals surface area contributed by atoms with Crippen molar-refractivity contribution in [1.82, 2.24) is 4.98 Å². The molecule has 0 aliphatic heterocycles. The molecule has 2 aromatic rings. The van der Waals surface area contributed by atoms with E-state index in [1.807, 2.05) is 18.2 Å². The first-order valence-corrected chi connectivity index (χ1v) is 6.12. The molecule has 1 atom stereocenters. The number of thiazole rings is 1. The van der Waals surface area contributed by atoms with Crippen LogP contribution in [0.1, 0.15) is 11.4 Å². The third kappa shape index (κ3) is 2.78. The predicted octanol–water partition coefficient (Wildman–Crippen LogP) is 2.24. The highest BCUT2D eigenvalue weighted by atomic mass is 32.1. The van der Waals surface area contributed by atoms with Gasteiger partial charge in [0.1, 0.15) is 0 Å². The number of hydrogen-bond donors (Lipinski definition) is 1. The molecule has 0 aliphatic carbocycles. The van der Waals surface area contributed by atoms with Gasteiger partial charge < -0.3 is 9.84 Å². The Labute approximate surface area is 98.7 Å². The standard InChI is InChI=1S/C12H15NO2S/c1-15-8-9(14)6-7-12-13-10-4-2-3-5-11(10)16-12/h2-5,9,14H,6-8H2,1H3. The highest BCUT2D eigenvalue weighted by molar-refractivity contribution is 7.18. The van der Waals surface area contributed by atoms with Gasteiger partial charge in [-0.05, 0) is 18.6 Å². The smallest absolute Gasteiger partial charge is 0.0939 e. The summed E-state index contributed by atoms with van der Waals surface area (Å²) in [6, 6.07) is 8.10. The lowest BCUT2D eigenvalue weighted by molar-refractivity contribution is 0.0595. The van der Waals surface area contributed by atoms with Crippen molar-refractivity contribution in [2.45, 2.75) is 18.9 Å². The van der Waals surface area contributed by atoms with Crippen LogP contribution in [-0.4, -0.2) is 29.9 Å². The summed E-state index contributed by atoms with van der Waals surface area (Å²) in [7, 11) is 1.60. The summed E-state index contributed by atoms with van der Waals surface area (Å²) < 4.78 is 6.09. The highest BCUT2D eigenvalue weighted by Crippen LogP contribution is 2.22. The quantitative estimate of drug-likeness (QED) is 0.867. The molecule has 1 N–H and O–H groups in total. The zero-order chi connectivity index (χ0) is 11.4. The van der Waals surface area contributed by atoms with Gasteiger partial charge in [0.25, 0.3) is 0 Å². The maximum absolute atomic E-state index is 9.54. The van der Waals surface area contributed by atoms with Gasteiger partial charge in [0.15, 0.2) is 0 Å². The number of ether oxygens (including phenoxy) is 1. The van der Waals surface area contributed by atoms with E-state index in [2.05, 4.69) is 11.1 Å². The summed E-state index contributed by atoms with van der Waals surface area (Å²) in [5.74, 6) is 0. The number of para-hydroxylation sites is 1. The SMILES string of the molecule is COCC(O)CCc1nc2ccccc2s1. The molecule has 3 nitrogen and oxygen atoms in total. The third-order valence-electron chi connectivity index (χ3n) is 2.39. The molecular weight excluding hydrogens is 222 g/mol. The normalized spacial score (nSPS) is 13.1. The van der Waals surface area contributed by atoms with Crippen molar-refractivity contribution in [2.24, 2.45) is 0 Å². The number of aromatic nitrogens is 1. The first kappa shape index (κ1) is 11.5. The summed E-state index contributed by atoms with van der Waals surface area (Å²) >= 11 is 1.69. The Hall–Kier alpha value is -0.970. The Balaban J connectivity index is 1.99. The van der Waals surface area contributed by atoms with Crippen LogP contribution in [0, 0.1) is 0 Å². The molecule has 0 amide bonds. The number of aliphatic hydroxyl groups excluding tert-OH is 1. The number of benzene rings is 1. The van der Waals surface area contributed by atoms with Gasteiger partial charge in [-0.25, -0.2) is 4.98 Å². The highest BCUT2D eigenvalue weighted by Gasteiger charge is 2.07. The lowest BCUT2D eigenvalue weighted by Gasteiger charge is -2.06. The van der Waals surface area contributed by atoms with Crippen LogP contribution in [0.5, 0.6) is 0 Å². The maximum Gasteiger partial charge on any atom is 0.0939 e. The molecule has 1 unspecified atom stereocenters. The van der Waals surface area contributed by atoms with Crippen LogP contribution in [0.3, 0.4) is 0 Å². The van der Waals surface area contributed by atoms with Crippen LogP contribution >= 0.6 is 11.3 Å². The molecule has 0 saturated carbocycles. The minimum atomic E-state index is -0.392. The average molecular weight is 237 g/mol. The molecule has 0 aliphatic rings. The van der Waals surface area contributed by atoms with E-state index in [4.69, 9.17) is 4.74 Å². The predicted molar refractivity (Wildman–Crippen MR) is 65.8 cm³/mol. The second kappa shape index (κ2) is 5.39. The zero-order valence-corrected chi connectivity index (χ0v) is 10.0. The molecule has 0 radical (unpaired) electrons. The molecule has 4 heteroatoms. The minimum Gasteiger partial charge on any atom is -0.391 e. The fourth-order valence-corrected chi connectivity index (χ4v) is 2.58. The van der Waals surface area contributed by atoms with Gasteiger partial charge in [0.2, 0.25) is 0 Å². The topological polar surface area (TPSA) is 42.4 Å². The monoisotopic (exact) mass is 237 g/mol. The summed E-state index contributed by atoms with van der Waals surface area (Å²) in [6.07, 6.45) is 1.12. The van der Waals surface area contributed by atoms with E-state index >= 15 is 0 Å². The molecule has 86 valence electrons. The molecular formula is C12H15NO2S. The summed E-state index contributed by atoms with van der Waals surface area (Å²) in [5.41, 5.74) is 1.05. The number of rotatable bonds is 5. The molecule has 1 heterocycles. The molecule has 1 aromatic heterocycles. The number of fused-ring (bicyclic) bond motifs is 1. The maximum atomic E-state index is 9.54. The van der Waals surface area contributed by atoms with E-state index < -0.39 is 6.10 Å². The van der Waals surface area contributed by atoms with Gasteiger partial charge in [-0.3, -0.25) is 0 Å². The van der Waals surface area contributed by atoms with Gasteiger partial charge in [-0.1, -0.05) is 12.1 Å². The van der Waals surface area contributed by atoms with E-state index in [0.29, 0.717) is 13.0 Å². The van der Waals surface area contributed by atoms with Crippen LogP contribution in [-0.2, 0) is 11.2 Å². The number of aliphatic hydroxyl groups is 1. The lowest BCUT2D eigenvalue weighted by Crippen LogP contribution is -2.14. The van der Waals surface area contributed by atoms with Gasteiger partial charge in [0.05, 0.1) is 27.9 Å². The number of hydrogen-bond acceptors (Lipinski definition) is 4. The van der Waals surface area contributed by atoms with Crippen molar-refractivity contribution in [1.29, 1.82) is 0 Å². The average Bonchev–Trinajstić information content (AvgIpc) is 2.69. The van der Waals surface area contributed by atoms with Crippen molar-refractivity contribution in [2.75, 3.05) is 13.7 Å². The molecule has 16 heavy (non-hydrogen) atoms. The molecule has 0 bridgehead atoms. The van der Waals surface area contributed by atoms with Crippen molar-refractivity contribution in [3.8, 4) is 0 Å². The lowest BCUT2D eigenvalue weighted by atomic mass is 10.2. The van der Waals surface area contributed by atoms with Gasteiger partial charge >= 0.3 is 0 Å².